The maximum absolute atomic E-state index is 13.8. The number of sulfonamides is 1. The van der Waals surface area contributed by atoms with Crippen LogP contribution in [-0.2, 0) is 32.7 Å². The van der Waals surface area contributed by atoms with Gasteiger partial charge in [0.1, 0.15) is 16.8 Å². The van der Waals surface area contributed by atoms with E-state index in [1.807, 2.05) is 6.92 Å². The van der Waals surface area contributed by atoms with E-state index < -0.39 is 38.7 Å². The smallest absolute Gasteiger partial charge is 0.324 e. The SMILES string of the molecule is CCCn1nnnc1COC(=O)[C@@H](NS(=O)(=O)c1ccccc1F)C(C)C. The molecule has 0 saturated heterocycles. The van der Waals surface area contributed by atoms with Crippen LogP contribution in [0.25, 0.3) is 0 Å². The Hall–Kier alpha value is -2.40. The molecule has 27 heavy (non-hydrogen) atoms. The molecule has 0 unspecified atom stereocenters. The molecule has 11 heteroatoms. The summed E-state index contributed by atoms with van der Waals surface area (Å²) >= 11 is 0. The molecule has 1 heterocycles. The van der Waals surface area contributed by atoms with Crippen LogP contribution in [0.15, 0.2) is 29.2 Å². The quantitative estimate of drug-likeness (QED) is 0.631. The topological polar surface area (TPSA) is 116 Å². The summed E-state index contributed by atoms with van der Waals surface area (Å²) in [6.07, 6.45) is 0.795. The number of aromatic nitrogens is 4. The van der Waals surface area contributed by atoms with Crippen LogP contribution in [0.4, 0.5) is 4.39 Å². The van der Waals surface area contributed by atoms with Gasteiger partial charge in [0, 0.05) is 6.54 Å². The van der Waals surface area contributed by atoms with Gasteiger partial charge < -0.3 is 4.74 Å². The zero-order valence-corrected chi connectivity index (χ0v) is 16.1. The molecule has 2 aromatic rings. The fourth-order valence-electron chi connectivity index (χ4n) is 2.29. The summed E-state index contributed by atoms with van der Waals surface area (Å²) in [5.41, 5.74) is 0. The van der Waals surface area contributed by atoms with Crippen molar-refractivity contribution in [1.29, 1.82) is 0 Å². The van der Waals surface area contributed by atoms with E-state index in [9.17, 15) is 17.6 Å². The summed E-state index contributed by atoms with van der Waals surface area (Å²) in [6, 6.07) is 3.74. The largest absolute Gasteiger partial charge is 0.456 e. The van der Waals surface area contributed by atoms with Crippen LogP contribution in [0, 0.1) is 11.7 Å². The first-order valence-electron chi connectivity index (χ1n) is 8.44. The summed E-state index contributed by atoms with van der Waals surface area (Å²) in [5.74, 6) is -1.77. The Morgan fingerprint density at radius 3 is 2.67 bits per heavy atom. The standard InChI is InChI=1S/C16H22FN5O4S/c1-4-9-22-14(18-20-21-22)10-26-16(23)15(11(2)3)19-27(24,25)13-8-6-5-7-12(13)17/h5-8,11,15,19H,4,9-10H2,1-3H3/t15-/m0/s1. The highest BCUT2D eigenvalue weighted by atomic mass is 32.2. The lowest BCUT2D eigenvalue weighted by molar-refractivity contribution is -0.148. The number of aryl methyl sites for hydroxylation is 1. The molecule has 0 bridgehead atoms. The van der Waals surface area contributed by atoms with Crippen molar-refractivity contribution >= 4 is 16.0 Å². The van der Waals surface area contributed by atoms with E-state index in [2.05, 4.69) is 20.2 Å². The van der Waals surface area contributed by atoms with Gasteiger partial charge in [0.25, 0.3) is 0 Å². The molecule has 0 saturated carbocycles. The van der Waals surface area contributed by atoms with Crippen LogP contribution in [0.3, 0.4) is 0 Å². The van der Waals surface area contributed by atoms with Crippen LogP contribution in [0.5, 0.6) is 0 Å². The van der Waals surface area contributed by atoms with Gasteiger partial charge in [-0.05, 0) is 34.9 Å². The van der Waals surface area contributed by atoms with Crippen molar-refractivity contribution in [3.05, 3.63) is 35.9 Å². The van der Waals surface area contributed by atoms with Gasteiger partial charge in [0.05, 0.1) is 0 Å². The molecule has 0 aliphatic rings. The second-order valence-corrected chi connectivity index (χ2v) is 7.88. The molecular weight excluding hydrogens is 377 g/mol. The Kier molecular flexibility index (Phi) is 6.97. The maximum Gasteiger partial charge on any atom is 0.324 e. The van der Waals surface area contributed by atoms with Crippen molar-refractivity contribution in [3.8, 4) is 0 Å². The average Bonchev–Trinajstić information content (AvgIpc) is 3.05. The molecule has 0 amide bonds. The summed E-state index contributed by atoms with van der Waals surface area (Å²) in [6.45, 7) is 5.61. The number of hydrogen-bond donors (Lipinski definition) is 1. The van der Waals surface area contributed by atoms with Crippen LogP contribution >= 0.6 is 0 Å². The van der Waals surface area contributed by atoms with E-state index >= 15 is 0 Å². The van der Waals surface area contributed by atoms with Gasteiger partial charge in [-0.2, -0.15) is 4.72 Å². The third-order valence-corrected chi connectivity index (χ3v) is 5.19. The van der Waals surface area contributed by atoms with Crippen molar-refractivity contribution in [3.63, 3.8) is 0 Å². The van der Waals surface area contributed by atoms with Crippen molar-refractivity contribution < 1.29 is 22.3 Å². The molecular formula is C16H22FN5O4S. The molecule has 0 aliphatic heterocycles. The number of halogens is 1. The summed E-state index contributed by atoms with van der Waals surface area (Å²) in [7, 11) is -4.24. The Labute approximate surface area is 157 Å². The molecule has 0 radical (unpaired) electrons. The normalized spacial score (nSPS) is 12.9. The van der Waals surface area contributed by atoms with Gasteiger partial charge in [-0.15, -0.1) is 5.10 Å². The number of ether oxygens (including phenoxy) is 1. The molecule has 1 N–H and O–H groups in total. The van der Waals surface area contributed by atoms with Crippen LogP contribution < -0.4 is 4.72 Å². The third-order valence-electron chi connectivity index (χ3n) is 3.71. The lowest BCUT2D eigenvalue weighted by Crippen LogP contribution is -2.45. The number of esters is 1. The van der Waals surface area contributed by atoms with E-state index in [0.717, 1.165) is 18.6 Å². The van der Waals surface area contributed by atoms with E-state index in [0.29, 0.717) is 12.4 Å². The van der Waals surface area contributed by atoms with Crippen LogP contribution in [0.1, 0.15) is 33.0 Å². The molecule has 148 valence electrons. The van der Waals surface area contributed by atoms with Crippen molar-refractivity contribution in [2.45, 2.75) is 51.3 Å². The lowest BCUT2D eigenvalue weighted by Gasteiger charge is -2.20. The second kappa shape index (κ2) is 9.00. The molecule has 1 aromatic carbocycles. The van der Waals surface area contributed by atoms with Gasteiger partial charge in [0.15, 0.2) is 12.4 Å². The first-order valence-corrected chi connectivity index (χ1v) is 9.93. The monoisotopic (exact) mass is 399 g/mol. The fraction of sp³-hybridized carbons (Fsp3) is 0.500. The van der Waals surface area contributed by atoms with Crippen molar-refractivity contribution in [2.24, 2.45) is 5.92 Å². The predicted molar refractivity (Wildman–Crippen MR) is 93.3 cm³/mol. The van der Waals surface area contributed by atoms with Crippen molar-refractivity contribution in [1.82, 2.24) is 24.9 Å². The molecule has 0 spiro atoms. The average molecular weight is 399 g/mol. The number of hydrogen-bond acceptors (Lipinski definition) is 7. The lowest BCUT2D eigenvalue weighted by atomic mass is 10.1. The number of carbonyl (C=O) groups is 1. The molecule has 2 rings (SSSR count). The van der Waals surface area contributed by atoms with E-state index in [1.54, 1.807) is 13.8 Å². The van der Waals surface area contributed by atoms with Gasteiger partial charge in [-0.3, -0.25) is 4.79 Å². The number of nitrogens with one attached hydrogen (secondary N) is 1. The number of rotatable bonds is 9. The first-order chi connectivity index (χ1) is 12.8. The Balaban J connectivity index is 2.11. The summed E-state index contributed by atoms with van der Waals surface area (Å²) in [5, 5.41) is 11.1. The summed E-state index contributed by atoms with van der Waals surface area (Å²) < 4.78 is 47.6. The molecule has 0 fully saturated rings. The minimum atomic E-state index is -4.24. The van der Waals surface area contributed by atoms with E-state index in [1.165, 1.54) is 16.8 Å². The minimum Gasteiger partial charge on any atom is -0.456 e. The van der Waals surface area contributed by atoms with E-state index in [-0.39, 0.29) is 6.61 Å². The molecule has 1 atom stereocenters. The second-order valence-electron chi connectivity index (χ2n) is 6.20. The van der Waals surface area contributed by atoms with Crippen molar-refractivity contribution in [2.75, 3.05) is 0 Å². The number of carbonyl (C=O) groups excluding carboxylic acids is 1. The van der Waals surface area contributed by atoms with Gasteiger partial charge in [-0.25, -0.2) is 17.5 Å². The Bertz CT molecular complexity index is 884. The Morgan fingerprint density at radius 1 is 1.33 bits per heavy atom. The number of nitrogens with zero attached hydrogens (tertiary/aromatic N) is 4. The zero-order chi connectivity index (χ0) is 20.0. The zero-order valence-electron chi connectivity index (χ0n) is 15.3. The number of tetrazole rings is 1. The van der Waals surface area contributed by atoms with E-state index in [4.69, 9.17) is 4.74 Å². The Morgan fingerprint density at radius 2 is 2.04 bits per heavy atom. The number of benzene rings is 1. The van der Waals surface area contributed by atoms with Gasteiger partial charge >= 0.3 is 5.97 Å². The molecule has 9 nitrogen and oxygen atoms in total. The first kappa shape index (κ1) is 20.9. The highest BCUT2D eigenvalue weighted by Crippen LogP contribution is 2.16. The molecule has 1 aromatic heterocycles. The minimum absolute atomic E-state index is 0.198. The fourth-order valence-corrected chi connectivity index (χ4v) is 3.70. The maximum atomic E-state index is 13.8. The molecule has 0 aliphatic carbocycles. The highest BCUT2D eigenvalue weighted by molar-refractivity contribution is 7.89. The van der Waals surface area contributed by atoms with Gasteiger partial charge in [0.2, 0.25) is 10.0 Å². The van der Waals surface area contributed by atoms with Gasteiger partial charge in [-0.1, -0.05) is 32.9 Å². The third kappa shape index (κ3) is 5.30. The van der Waals surface area contributed by atoms with Crippen LogP contribution in [-0.4, -0.2) is 40.6 Å². The highest BCUT2D eigenvalue weighted by Gasteiger charge is 2.31. The predicted octanol–water partition coefficient (Wildman–Crippen LogP) is 1.27. The van der Waals surface area contributed by atoms with Crippen LogP contribution in [0.2, 0.25) is 0 Å². The summed E-state index contributed by atoms with van der Waals surface area (Å²) in [4.78, 5) is 11.9.